The first-order valence-electron chi connectivity index (χ1n) is 9.07. The minimum absolute atomic E-state index is 0.267. The third-order valence-corrected chi connectivity index (χ3v) is 4.36. The van der Waals surface area contributed by atoms with Crippen LogP contribution in [0.15, 0.2) is 55.0 Å². The summed E-state index contributed by atoms with van der Waals surface area (Å²) in [5, 5.41) is 2.82. The Morgan fingerprint density at radius 2 is 1.86 bits per heavy atom. The highest BCUT2D eigenvalue weighted by Crippen LogP contribution is 2.29. The van der Waals surface area contributed by atoms with Crippen molar-refractivity contribution < 1.29 is 14.3 Å². The van der Waals surface area contributed by atoms with Crippen LogP contribution in [-0.2, 0) is 6.42 Å². The molecule has 8 heteroatoms. The number of anilines is 2. The summed E-state index contributed by atoms with van der Waals surface area (Å²) in [6.07, 6.45) is 5.93. The lowest BCUT2D eigenvalue weighted by atomic mass is 10.2. The molecule has 0 aliphatic carbocycles. The third-order valence-electron chi connectivity index (χ3n) is 4.36. The van der Waals surface area contributed by atoms with Crippen molar-refractivity contribution in [3.63, 3.8) is 0 Å². The maximum Gasteiger partial charge on any atom is 0.274 e. The van der Waals surface area contributed by atoms with Gasteiger partial charge in [-0.2, -0.15) is 0 Å². The van der Waals surface area contributed by atoms with Gasteiger partial charge in [0.15, 0.2) is 0 Å². The number of methoxy groups -OCH3 is 2. The molecule has 0 spiro atoms. The zero-order valence-corrected chi connectivity index (χ0v) is 16.6. The minimum atomic E-state index is -0.348. The maximum atomic E-state index is 12.7. The molecule has 8 nitrogen and oxygen atoms in total. The van der Waals surface area contributed by atoms with E-state index in [-0.39, 0.29) is 11.6 Å². The number of carbonyl (C=O) groups is 1. The zero-order chi connectivity index (χ0) is 20.6. The van der Waals surface area contributed by atoms with Gasteiger partial charge in [0.05, 0.1) is 19.9 Å². The number of amides is 1. The van der Waals surface area contributed by atoms with E-state index in [1.165, 1.54) is 12.7 Å². The summed E-state index contributed by atoms with van der Waals surface area (Å²) in [6.45, 7) is 0.710. The van der Waals surface area contributed by atoms with Gasteiger partial charge in [0.25, 0.3) is 5.91 Å². The van der Waals surface area contributed by atoms with Gasteiger partial charge in [0.2, 0.25) is 5.95 Å². The molecule has 1 amide bonds. The fourth-order valence-corrected chi connectivity index (χ4v) is 2.69. The Morgan fingerprint density at radius 1 is 1.07 bits per heavy atom. The molecule has 0 unspecified atom stereocenters. The molecule has 150 valence electrons. The summed E-state index contributed by atoms with van der Waals surface area (Å²) in [4.78, 5) is 27.3. The first kappa shape index (κ1) is 20.1. The van der Waals surface area contributed by atoms with Crippen molar-refractivity contribution in [2.45, 2.75) is 6.42 Å². The van der Waals surface area contributed by atoms with Crippen LogP contribution in [0, 0.1) is 0 Å². The van der Waals surface area contributed by atoms with Crippen molar-refractivity contribution in [1.29, 1.82) is 0 Å². The SMILES string of the molecule is COc1ccc(NC(=O)c2ccnc(N(C)CCc3ccncc3)n2)c(OC)c1. The summed E-state index contributed by atoms with van der Waals surface area (Å²) >= 11 is 0. The van der Waals surface area contributed by atoms with E-state index in [0.717, 1.165) is 6.42 Å². The molecule has 0 fully saturated rings. The van der Waals surface area contributed by atoms with Crippen molar-refractivity contribution in [2.24, 2.45) is 0 Å². The fraction of sp³-hybridized carbons (Fsp3) is 0.238. The number of aromatic nitrogens is 3. The highest BCUT2D eigenvalue weighted by molar-refractivity contribution is 6.03. The van der Waals surface area contributed by atoms with Gasteiger partial charge in [-0.25, -0.2) is 9.97 Å². The smallest absolute Gasteiger partial charge is 0.274 e. The molecule has 0 atom stereocenters. The van der Waals surface area contributed by atoms with E-state index in [9.17, 15) is 4.79 Å². The van der Waals surface area contributed by atoms with Gasteiger partial charge >= 0.3 is 0 Å². The predicted octanol–water partition coefficient (Wildman–Crippen LogP) is 2.82. The van der Waals surface area contributed by atoms with Gasteiger partial charge in [-0.3, -0.25) is 9.78 Å². The number of hydrogen-bond acceptors (Lipinski definition) is 7. The van der Waals surface area contributed by atoms with E-state index in [1.807, 2.05) is 24.1 Å². The lowest BCUT2D eigenvalue weighted by Gasteiger charge is -2.17. The van der Waals surface area contributed by atoms with Crippen molar-refractivity contribution in [3.8, 4) is 11.5 Å². The second-order valence-corrected chi connectivity index (χ2v) is 6.29. The molecular weight excluding hydrogens is 370 g/mol. The number of carbonyl (C=O) groups excluding carboxylic acids is 1. The standard InChI is InChI=1S/C21H23N5O3/c1-26(13-9-15-6-10-22-11-7-15)21-23-12-8-18(25-21)20(27)24-17-5-4-16(28-2)14-19(17)29-3/h4-8,10-12,14H,9,13H2,1-3H3,(H,24,27). The molecule has 0 aliphatic rings. The predicted molar refractivity (Wildman–Crippen MR) is 111 cm³/mol. The monoisotopic (exact) mass is 393 g/mol. The molecule has 0 saturated carbocycles. The van der Waals surface area contributed by atoms with Gasteiger partial charge in [-0.05, 0) is 42.3 Å². The Labute approximate surface area is 169 Å². The minimum Gasteiger partial charge on any atom is -0.497 e. The third kappa shape index (κ3) is 5.19. The molecule has 2 heterocycles. The molecule has 1 N–H and O–H groups in total. The Balaban J connectivity index is 1.69. The number of nitrogens with zero attached hydrogens (tertiary/aromatic N) is 4. The Hall–Kier alpha value is -3.68. The Morgan fingerprint density at radius 3 is 2.59 bits per heavy atom. The van der Waals surface area contributed by atoms with Gasteiger partial charge < -0.3 is 19.7 Å². The van der Waals surface area contributed by atoms with E-state index in [1.54, 1.807) is 50.0 Å². The Kier molecular flexibility index (Phi) is 6.57. The van der Waals surface area contributed by atoms with Gasteiger partial charge in [0, 0.05) is 38.2 Å². The van der Waals surface area contributed by atoms with Crippen LogP contribution >= 0.6 is 0 Å². The molecule has 3 rings (SSSR count). The first-order valence-corrected chi connectivity index (χ1v) is 9.07. The van der Waals surface area contributed by atoms with Crippen LogP contribution in [0.5, 0.6) is 11.5 Å². The highest BCUT2D eigenvalue weighted by Gasteiger charge is 2.14. The summed E-state index contributed by atoms with van der Waals surface area (Å²) in [5.41, 5.74) is 1.97. The van der Waals surface area contributed by atoms with Crippen LogP contribution in [0.3, 0.4) is 0 Å². The molecule has 0 bridgehead atoms. The second-order valence-electron chi connectivity index (χ2n) is 6.29. The van der Waals surface area contributed by atoms with Crippen LogP contribution in [0.4, 0.5) is 11.6 Å². The van der Waals surface area contributed by atoms with Crippen LogP contribution in [0.1, 0.15) is 16.1 Å². The number of nitrogens with one attached hydrogen (secondary N) is 1. The van der Waals surface area contributed by atoms with E-state index in [4.69, 9.17) is 9.47 Å². The normalized spacial score (nSPS) is 10.3. The van der Waals surface area contributed by atoms with Crippen LogP contribution in [0.25, 0.3) is 0 Å². The molecule has 0 radical (unpaired) electrons. The largest absolute Gasteiger partial charge is 0.497 e. The van der Waals surface area contributed by atoms with Gasteiger partial charge in [-0.1, -0.05) is 0 Å². The summed E-state index contributed by atoms with van der Waals surface area (Å²) in [6, 6.07) is 10.7. The lowest BCUT2D eigenvalue weighted by molar-refractivity contribution is 0.102. The average Bonchev–Trinajstić information content (AvgIpc) is 2.78. The topological polar surface area (TPSA) is 89.5 Å². The fourth-order valence-electron chi connectivity index (χ4n) is 2.69. The maximum absolute atomic E-state index is 12.7. The molecular formula is C21H23N5O3. The highest BCUT2D eigenvalue weighted by atomic mass is 16.5. The van der Waals surface area contributed by atoms with E-state index in [0.29, 0.717) is 29.7 Å². The van der Waals surface area contributed by atoms with Crippen LogP contribution in [0.2, 0.25) is 0 Å². The molecule has 2 aromatic heterocycles. The van der Waals surface area contributed by atoms with Gasteiger partial charge in [0.1, 0.15) is 17.2 Å². The number of rotatable bonds is 8. The molecule has 3 aromatic rings. The first-order chi connectivity index (χ1) is 14.1. The summed E-state index contributed by atoms with van der Waals surface area (Å²) < 4.78 is 10.5. The molecule has 29 heavy (non-hydrogen) atoms. The number of pyridine rings is 1. The molecule has 1 aromatic carbocycles. The number of likely N-dealkylation sites (N-methyl/N-ethyl adjacent to an activating group) is 1. The van der Waals surface area contributed by atoms with Gasteiger partial charge in [-0.15, -0.1) is 0 Å². The van der Waals surface area contributed by atoms with Crippen LogP contribution in [-0.4, -0.2) is 48.7 Å². The summed E-state index contributed by atoms with van der Waals surface area (Å²) in [5.74, 6) is 1.27. The van der Waals surface area contributed by atoms with E-state index >= 15 is 0 Å². The zero-order valence-electron chi connectivity index (χ0n) is 16.6. The number of ether oxygens (including phenoxy) is 2. The molecule has 0 aliphatic heterocycles. The Bertz CT molecular complexity index is 966. The molecule has 0 saturated heterocycles. The lowest BCUT2D eigenvalue weighted by Crippen LogP contribution is -2.24. The summed E-state index contributed by atoms with van der Waals surface area (Å²) in [7, 11) is 5.00. The van der Waals surface area contributed by atoms with Crippen LogP contribution < -0.4 is 19.7 Å². The van der Waals surface area contributed by atoms with Crippen molar-refractivity contribution in [1.82, 2.24) is 15.0 Å². The second kappa shape index (κ2) is 9.50. The van der Waals surface area contributed by atoms with E-state index < -0.39 is 0 Å². The number of hydrogen-bond donors (Lipinski definition) is 1. The quantitative estimate of drug-likeness (QED) is 0.629. The van der Waals surface area contributed by atoms with Crippen molar-refractivity contribution >= 4 is 17.5 Å². The average molecular weight is 393 g/mol. The van der Waals surface area contributed by atoms with E-state index in [2.05, 4.69) is 20.3 Å². The van der Waals surface area contributed by atoms with Crippen molar-refractivity contribution in [2.75, 3.05) is 38.0 Å². The van der Waals surface area contributed by atoms with Crippen molar-refractivity contribution in [3.05, 3.63) is 66.2 Å². The number of benzene rings is 1.